The van der Waals surface area contributed by atoms with Crippen LogP contribution in [0.25, 0.3) is 16.3 Å². The second kappa shape index (κ2) is 9.98. The van der Waals surface area contributed by atoms with Crippen LogP contribution >= 0.6 is 0 Å². The van der Waals surface area contributed by atoms with Crippen LogP contribution in [0.1, 0.15) is 31.2 Å². The van der Waals surface area contributed by atoms with Crippen LogP contribution < -0.4 is 5.32 Å². The van der Waals surface area contributed by atoms with Crippen molar-refractivity contribution in [2.24, 2.45) is 0 Å². The highest BCUT2D eigenvalue weighted by molar-refractivity contribution is 7.90. The normalized spacial score (nSPS) is 19.0. The number of benzene rings is 1. The highest BCUT2D eigenvalue weighted by atomic mass is 32.2. The maximum atomic E-state index is 12.5. The van der Waals surface area contributed by atoms with Crippen molar-refractivity contribution in [3.63, 3.8) is 0 Å². The summed E-state index contributed by atoms with van der Waals surface area (Å²) in [5.74, 6) is 0. The number of hydrogen-bond acceptors (Lipinski definition) is 5. The summed E-state index contributed by atoms with van der Waals surface area (Å²) in [5.41, 5.74) is 3.14. The summed E-state index contributed by atoms with van der Waals surface area (Å²) in [6, 6.07) is 6.53. The molecule has 4 rings (SSSR count). The van der Waals surface area contributed by atoms with E-state index in [4.69, 9.17) is 4.74 Å². The summed E-state index contributed by atoms with van der Waals surface area (Å²) < 4.78 is 31.9. The third-order valence-corrected chi connectivity index (χ3v) is 8.46. The molecule has 7 heteroatoms. The number of pyridine rings is 1. The zero-order chi connectivity index (χ0) is 22.6. The quantitative estimate of drug-likeness (QED) is 0.571. The van der Waals surface area contributed by atoms with Gasteiger partial charge in [-0.2, -0.15) is 0 Å². The average molecular weight is 454 g/mol. The first-order valence-corrected chi connectivity index (χ1v) is 12.6. The minimum absolute atomic E-state index is 0.139. The number of anilines is 1. The number of sulfonamides is 1. The summed E-state index contributed by atoms with van der Waals surface area (Å²) >= 11 is 0. The van der Waals surface area contributed by atoms with Crippen molar-refractivity contribution in [3.8, 4) is 0 Å². The van der Waals surface area contributed by atoms with Gasteiger partial charge in [0.15, 0.2) is 0 Å². The number of ether oxygens (including phenoxy) is 1. The van der Waals surface area contributed by atoms with Gasteiger partial charge in [0.2, 0.25) is 10.0 Å². The van der Waals surface area contributed by atoms with Crippen LogP contribution in [-0.2, 0) is 14.8 Å². The third kappa shape index (κ3) is 5.11. The number of aromatic nitrogens is 1. The minimum Gasteiger partial charge on any atom is -0.382 e. The Kier molecular flexibility index (Phi) is 7.08. The van der Waals surface area contributed by atoms with Crippen molar-refractivity contribution >= 4 is 32.1 Å². The van der Waals surface area contributed by atoms with Crippen LogP contribution in [0.3, 0.4) is 0 Å². The molecule has 6 nitrogen and oxygen atoms in total. The van der Waals surface area contributed by atoms with Gasteiger partial charge in [0.1, 0.15) is 0 Å². The Morgan fingerprint density at radius 1 is 1.28 bits per heavy atom. The van der Waals surface area contributed by atoms with Crippen molar-refractivity contribution in [3.05, 3.63) is 67.0 Å². The molecule has 1 aromatic carbocycles. The fourth-order valence-electron chi connectivity index (χ4n) is 4.18. The first-order chi connectivity index (χ1) is 15.5. The fourth-order valence-corrected chi connectivity index (χ4v) is 6.06. The molecule has 170 valence electrons. The number of nitrogens with zero attached hydrogens (tertiary/aromatic N) is 2. The molecule has 0 radical (unpaired) electrons. The third-order valence-electron chi connectivity index (χ3n) is 6.07. The van der Waals surface area contributed by atoms with E-state index in [0.29, 0.717) is 19.7 Å². The van der Waals surface area contributed by atoms with Gasteiger partial charge in [0.25, 0.3) is 0 Å². The molecule has 2 aromatic rings. The Morgan fingerprint density at radius 2 is 2.06 bits per heavy atom. The molecule has 0 unspecified atom stereocenters. The van der Waals surface area contributed by atoms with Crippen molar-refractivity contribution in [2.45, 2.75) is 37.0 Å². The Morgan fingerprint density at radius 3 is 2.75 bits per heavy atom. The number of hydrogen-bond donors (Lipinski definition) is 1. The van der Waals surface area contributed by atoms with Gasteiger partial charge < -0.3 is 10.1 Å². The van der Waals surface area contributed by atoms with E-state index >= 15 is 0 Å². The molecule has 2 heterocycles. The molecule has 2 fully saturated rings. The number of fused-ring (bicyclic) bond motifs is 1. The monoisotopic (exact) mass is 453 g/mol. The molecule has 1 N–H and O–H groups in total. The first kappa shape index (κ1) is 22.7. The van der Waals surface area contributed by atoms with Crippen LogP contribution in [0.4, 0.5) is 5.69 Å². The van der Waals surface area contributed by atoms with Crippen LogP contribution in [0.15, 0.2) is 61.5 Å². The topological polar surface area (TPSA) is 71.5 Å². The maximum absolute atomic E-state index is 12.5. The van der Waals surface area contributed by atoms with Crippen LogP contribution in [0, 0.1) is 0 Å². The number of piperidine rings is 1. The minimum atomic E-state index is -3.09. The lowest BCUT2D eigenvalue weighted by molar-refractivity contribution is 0.234. The summed E-state index contributed by atoms with van der Waals surface area (Å²) in [4.78, 5) is 4.32. The second-order valence-corrected chi connectivity index (χ2v) is 10.6. The molecule has 1 saturated carbocycles. The van der Waals surface area contributed by atoms with E-state index in [1.54, 1.807) is 23.7 Å². The van der Waals surface area contributed by atoms with E-state index in [1.807, 2.05) is 30.5 Å². The molecule has 0 amide bonds. The van der Waals surface area contributed by atoms with Gasteiger partial charge in [0.05, 0.1) is 11.9 Å². The number of rotatable bonds is 9. The van der Waals surface area contributed by atoms with Crippen molar-refractivity contribution < 1.29 is 13.2 Å². The predicted molar refractivity (Wildman–Crippen MR) is 131 cm³/mol. The Bertz CT molecular complexity index is 1130. The highest BCUT2D eigenvalue weighted by Crippen LogP contribution is 2.34. The van der Waals surface area contributed by atoms with Crippen molar-refractivity contribution in [1.82, 2.24) is 9.29 Å². The molecule has 2 aliphatic rings. The van der Waals surface area contributed by atoms with E-state index in [2.05, 4.69) is 29.0 Å². The lowest BCUT2D eigenvalue weighted by Crippen LogP contribution is -2.43. The van der Waals surface area contributed by atoms with Crippen LogP contribution in [-0.4, -0.2) is 55.8 Å². The van der Waals surface area contributed by atoms with E-state index < -0.39 is 10.0 Å². The molecule has 0 spiro atoms. The van der Waals surface area contributed by atoms with E-state index in [1.165, 1.54) is 0 Å². The largest absolute Gasteiger partial charge is 0.382 e. The Balaban J connectivity index is 1.57. The fraction of sp³-hybridized carbons (Fsp3) is 0.400. The molecule has 0 atom stereocenters. The first-order valence-electron chi connectivity index (χ1n) is 11.1. The van der Waals surface area contributed by atoms with E-state index in [9.17, 15) is 8.42 Å². The molecular weight excluding hydrogens is 422 g/mol. The summed E-state index contributed by atoms with van der Waals surface area (Å²) in [6.45, 7) is 5.55. The molecule has 1 aliphatic carbocycles. The van der Waals surface area contributed by atoms with Crippen molar-refractivity contribution in [2.75, 3.05) is 32.1 Å². The van der Waals surface area contributed by atoms with Crippen molar-refractivity contribution in [1.29, 1.82) is 0 Å². The standard InChI is InChI=1S/C25H31N3O3S/c1-3-5-19(6-4-15-31-2)21-16-20-9-12-26-18-24(20)25(17-21)27-22-10-13-28(14-11-22)32(29,30)23-7-8-23/h3-6,9,12,16-18,22-23,27H,1,7-8,10-11,13-15H2,2H3/b6-4+,19-5+. The molecule has 1 aliphatic heterocycles. The molecule has 0 bridgehead atoms. The zero-order valence-electron chi connectivity index (χ0n) is 18.5. The van der Waals surface area contributed by atoms with Gasteiger partial charge in [-0.1, -0.05) is 30.9 Å². The summed E-state index contributed by atoms with van der Waals surface area (Å²) in [7, 11) is -1.42. The molecule has 32 heavy (non-hydrogen) atoms. The van der Waals surface area contributed by atoms with Gasteiger partial charge in [-0.25, -0.2) is 12.7 Å². The van der Waals surface area contributed by atoms with Crippen LogP contribution in [0.5, 0.6) is 0 Å². The van der Waals surface area contributed by atoms with Gasteiger partial charge >= 0.3 is 0 Å². The van der Waals surface area contributed by atoms with Crippen LogP contribution in [0.2, 0.25) is 0 Å². The van der Waals surface area contributed by atoms with Gasteiger partial charge in [-0.15, -0.1) is 0 Å². The zero-order valence-corrected chi connectivity index (χ0v) is 19.4. The number of nitrogens with one attached hydrogen (secondary N) is 1. The second-order valence-electron chi connectivity index (χ2n) is 8.40. The highest BCUT2D eigenvalue weighted by Gasteiger charge is 2.41. The smallest absolute Gasteiger partial charge is 0.216 e. The van der Waals surface area contributed by atoms with Gasteiger partial charge in [-0.3, -0.25) is 4.98 Å². The molecule has 1 saturated heterocycles. The lowest BCUT2D eigenvalue weighted by Gasteiger charge is -2.32. The molecule has 1 aromatic heterocycles. The summed E-state index contributed by atoms with van der Waals surface area (Å²) in [5, 5.41) is 5.70. The summed E-state index contributed by atoms with van der Waals surface area (Å²) in [6.07, 6.45) is 14.7. The Hall–Kier alpha value is -2.48. The van der Waals surface area contributed by atoms with E-state index in [0.717, 1.165) is 53.3 Å². The predicted octanol–water partition coefficient (Wildman–Crippen LogP) is 4.38. The number of methoxy groups -OCH3 is 1. The van der Waals surface area contributed by atoms with Gasteiger partial charge in [-0.05, 0) is 60.4 Å². The van der Waals surface area contributed by atoms with E-state index in [-0.39, 0.29) is 11.3 Å². The number of allylic oxidation sites excluding steroid dienone is 4. The molecular formula is C25H31N3O3S. The maximum Gasteiger partial charge on any atom is 0.216 e. The lowest BCUT2D eigenvalue weighted by atomic mass is 9.98. The van der Waals surface area contributed by atoms with Gasteiger partial charge in [0, 0.05) is 49.7 Å². The average Bonchev–Trinajstić information content (AvgIpc) is 3.65. The SMILES string of the molecule is C=C/C=C(\C=C\COC)c1cc(NC2CCN(S(=O)(=O)C3CC3)CC2)c2cnccc2c1. The Labute approximate surface area is 190 Å².